The quantitative estimate of drug-likeness (QED) is 0.440. The topological polar surface area (TPSA) is 142 Å². The third kappa shape index (κ3) is 2.73. The summed E-state index contributed by atoms with van der Waals surface area (Å²) in [7, 11) is 0. The highest BCUT2D eigenvalue weighted by atomic mass is 32.2. The first-order valence-electron chi connectivity index (χ1n) is 8.08. The van der Waals surface area contributed by atoms with Gasteiger partial charge in [-0.25, -0.2) is 9.78 Å². The van der Waals surface area contributed by atoms with E-state index in [0.717, 1.165) is 0 Å². The molecular weight excluding hydrogens is 372 g/mol. The van der Waals surface area contributed by atoms with E-state index in [0.29, 0.717) is 28.9 Å². The third-order valence-electron chi connectivity index (χ3n) is 4.58. The van der Waals surface area contributed by atoms with Crippen molar-refractivity contribution in [1.82, 2.24) is 14.5 Å². The number of carbonyl (C=O) groups excluding carboxylic acids is 1. The van der Waals surface area contributed by atoms with E-state index in [1.165, 1.54) is 28.8 Å². The number of fused-ring (bicyclic) bond motifs is 2. The normalized spacial score (nSPS) is 22.4. The summed E-state index contributed by atoms with van der Waals surface area (Å²) in [5, 5.41) is 28.4. The van der Waals surface area contributed by atoms with Crippen molar-refractivity contribution < 1.29 is 24.9 Å². The fourth-order valence-electron chi connectivity index (χ4n) is 3.20. The SMILES string of the molecule is NC1C(=O)N2C(C(=O)O)=C(/C=C/Cn3cnc4cc(O)c(O)cc43)CS[C@H]12. The summed E-state index contributed by atoms with van der Waals surface area (Å²) in [6, 6.07) is 2.12. The fraction of sp³-hybridized carbons (Fsp3) is 0.235. The number of aliphatic carboxylic acids is 1. The molecule has 0 bridgehead atoms. The van der Waals surface area contributed by atoms with Gasteiger partial charge >= 0.3 is 5.97 Å². The number of rotatable bonds is 4. The maximum Gasteiger partial charge on any atom is 0.352 e. The Balaban J connectivity index is 1.60. The second-order valence-electron chi connectivity index (χ2n) is 6.24. The number of phenols is 2. The van der Waals surface area contributed by atoms with Gasteiger partial charge in [-0.1, -0.05) is 12.2 Å². The summed E-state index contributed by atoms with van der Waals surface area (Å²) < 4.78 is 1.75. The Hall–Kier alpha value is -2.98. The van der Waals surface area contributed by atoms with Crippen LogP contribution in [0.4, 0.5) is 0 Å². The molecule has 10 heteroatoms. The Labute approximate surface area is 157 Å². The van der Waals surface area contributed by atoms with Gasteiger partial charge in [-0.3, -0.25) is 9.69 Å². The van der Waals surface area contributed by atoms with Crippen LogP contribution in [0.2, 0.25) is 0 Å². The molecule has 4 rings (SSSR count). The minimum Gasteiger partial charge on any atom is -0.504 e. The van der Waals surface area contributed by atoms with E-state index in [-0.39, 0.29) is 28.5 Å². The molecule has 27 heavy (non-hydrogen) atoms. The number of amides is 1. The number of hydrogen-bond donors (Lipinski definition) is 4. The van der Waals surface area contributed by atoms with Crippen molar-refractivity contribution in [3.05, 3.63) is 41.9 Å². The van der Waals surface area contributed by atoms with Gasteiger partial charge in [0.1, 0.15) is 17.1 Å². The molecule has 9 nitrogen and oxygen atoms in total. The van der Waals surface area contributed by atoms with Gasteiger partial charge in [0.2, 0.25) is 5.91 Å². The molecule has 1 fully saturated rings. The zero-order chi connectivity index (χ0) is 19.3. The van der Waals surface area contributed by atoms with Crippen LogP contribution in [0.3, 0.4) is 0 Å². The predicted molar refractivity (Wildman–Crippen MR) is 97.9 cm³/mol. The van der Waals surface area contributed by atoms with Crippen LogP contribution in [0, 0.1) is 0 Å². The lowest BCUT2D eigenvalue weighted by Gasteiger charge is -2.47. The number of allylic oxidation sites excluding steroid dienone is 2. The van der Waals surface area contributed by atoms with Crippen LogP contribution >= 0.6 is 11.8 Å². The van der Waals surface area contributed by atoms with Crippen molar-refractivity contribution in [1.29, 1.82) is 0 Å². The smallest absolute Gasteiger partial charge is 0.352 e. The largest absolute Gasteiger partial charge is 0.504 e. The standard InChI is InChI=1S/C17H16N4O5S/c18-13-15(24)21-14(17(25)26)8(6-27-16(13)21)2-1-3-20-7-19-9-4-11(22)12(23)5-10(9)20/h1-2,4-5,7,13,16,22-23H,3,6,18H2,(H,25,26)/b2-1+/t13?,16-/m1/s1. The van der Waals surface area contributed by atoms with Crippen LogP contribution < -0.4 is 5.73 Å². The summed E-state index contributed by atoms with van der Waals surface area (Å²) in [6.07, 6.45) is 4.99. The highest BCUT2D eigenvalue weighted by molar-refractivity contribution is 8.00. The number of hydrogen-bond acceptors (Lipinski definition) is 7. The molecule has 140 valence electrons. The van der Waals surface area contributed by atoms with Gasteiger partial charge < -0.3 is 25.6 Å². The molecule has 2 atom stereocenters. The number of β-lactam (4-membered cyclic amide) rings is 1. The van der Waals surface area contributed by atoms with Gasteiger partial charge in [0.05, 0.1) is 17.4 Å². The Morgan fingerprint density at radius 2 is 2.11 bits per heavy atom. The lowest BCUT2D eigenvalue weighted by molar-refractivity contribution is -0.147. The monoisotopic (exact) mass is 388 g/mol. The van der Waals surface area contributed by atoms with Crippen molar-refractivity contribution in [2.45, 2.75) is 18.0 Å². The zero-order valence-electron chi connectivity index (χ0n) is 13.9. The van der Waals surface area contributed by atoms with E-state index in [1.807, 2.05) is 0 Å². The molecule has 2 aliphatic heterocycles. The minimum atomic E-state index is -1.16. The Kier molecular flexibility index (Phi) is 4.08. The molecule has 1 aromatic heterocycles. The molecule has 5 N–H and O–H groups in total. The maximum atomic E-state index is 11.9. The van der Waals surface area contributed by atoms with Gasteiger partial charge in [0.25, 0.3) is 0 Å². The highest BCUT2D eigenvalue weighted by Crippen LogP contribution is 2.39. The summed E-state index contributed by atoms with van der Waals surface area (Å²) in [5.74, 6) is -1.59. The number of nitrogens with two attached hydrogens (primary N) is 1. The molecule has 1 saturated heterocycles. The lowest BCUT2D eigenvalue weighted by Crippen LogP contribution is -2.68. The number of carbonyl (C=O) groups is 2. The summed E-state index contributed by atoms with van der Waals surface area (Å²) in [4.78, 5) is 29.0. The number of phenolic OH excluding ortho intramolecular Hbond substituents is 2. The van der Waals surface area contributed by atoms with E-state index in [1.54, 1.807) is 23.0 Å². The van der Waals surface area contributed by atoms with E-state index in [2.05, 4.69) is 4.98 Å². The molecule has 2 aromatic rings. The van der Waals surface area contributed by atoms with Gasteiger partial charge in [-0.05, 0) is 5.57 Å². The van der Waals surface area contributed by atoms with Gasteiger partial charge in [-0.2, -0.15) is 0 Å². The Bertz CT molecular complexity index is 1030. The number of aromatic hydroxyl groups is 2. The Morgan fingerprint density at radius 3 is 2.85 bits per heavy atom. The van der Waals surface area contributed by atoms with E-state index in [9.17, 15) is 24.9 Å². The van der Waals surface area contributed by atoms with E-state index in [4.69, 9.17) is 5.73 Å². The minimum absolute atomic E-state index is 0.0280. The van der Waals surface area contributed by atoms with Crippen LogP contribution in [0.25, 0.3) is 11.0 Å². The molecule has 2 aliphatic rings. The third-order valence-corrected chi connectivity index (χ3v) is 5.90. The Morgan fingerprint density at radius 1 is 1.37 bits per heavy atom. The van der Waals surface area contributed by atoms with Crippen LogP contribution in [0.15, 0.2) is 41.9 Å². The van der Waals surface area contributed by atoms with E-state index >= 15 is 0 Å². The first-order chi connectivity index (χ1) is 12.9. The molecule has 1 unspecified atom stereocenters. The second-order valence-corrected chi connectivity index (χ2v) is 7.35. The fourth-order valence-corrected chi connectivity index (χ4v) is 4.47. The lowest BCUT2D eigenvalue weighted by atomic mass is 10.0. The number of carboxylic acids is 1. The summed E-state index contributed by atoms with van der Waals surface area (Å²) >= 11 is 1.44. The van der Waals surface area contributed by atoms with Crippen molar-refractivity contribution in [2.75, 3.05) is 5.75 Å². The van der Waals surface area contributed by atoms with Gasteiger partial charge in [-0.15, -0.1) is 11.8 Å². The number of thioether (sulfide) groups is 1. The predicted octanol–water partition coefficient (Wildman–Crippen LogP) is 0.585. The highest BCUT2D eigenvalue weighted by Gasteiger charge is 2.51. The zero-order valence-corrected chi connectivity index (χ0v) is 14.8. The van der Waals surface area contributed by atoms with Crippen LogP contribution in [0.1, 0.15) is 0 Å². The number of nitrogens with zero attached hydrogens (tertiary/aromatic N) is 3. The average molecular weight is 388 g/mol. The van der Waals surface area contributed by atoms with Gasteiger partial charge in [0.15, 0.2) is 11.5 Å². The van der Waals surface area contributed by atoms with Crippen molar-refractivity contribution in [2.24, 2.45) is 5.73 Å². The molecule has 1 amide bonds. The van der Waals surface area contributed by atoms with Crippen LogP contribution in [-0.4, -0.2) is 58.8 Å². The number of benzene rings is 1. The molecule has 3 heterocycles. The first-order valence-corrected chi connectivity index (χ1v) is 9.13. The molecular formula is C17H16N4O5S. The summed E-state index contributed by atoms with van der Waals surface area (Å²) in [6.45, 7) is 0.374. The molecule has 0 spiro atoms. The van der Waals surface area contributed by atoms with Crippen LogP contribution in [-0.2, 0) is 16.1 Å². The molecule has 0 aliphatic carbocycles. The van der Waals surface area contributed by atoms with Crippen molar-refractivity contribution in [3.63, 3.8) is 0 Å². The van der Waals surface area contributed by atoms with Crippen LogP contribution in [0.5, 0.6) is 11.5 Å². The van der Waals surface area contributed by atoms with Crippen molar-refractivity contribution >= 4 is 34.7 Å². The average Bonchev–Trinajstić information content (AvgIpc) is 3.02. The van der Waals surface area contributed by atoms with Gasteiger partial charge in [0, 0.05) is 24.4 Å². The van der Waals surface area contributed by atoms with E-state index < -0.39 is 12.0 Å². The number of carboxylic acid groups (broad SMARTS) is 1. The van der Waals surface area contributed by atoms with Crippen molar-refractivity contribution in [3.8, 4) is 11.5 Å². The molecule has 1 aromatic carbocycles. The summed E-state index contributed by atoms with van der Waals surface area (Å²) in [5.41, 5.74) is 7.40. The second kappa shape index (κ2) is 6.32. The first kappa shape index (κ1) is 17.4. The molecule has 0 radical (unpaired) electrons. The maximum absolute atomic E-state index is 11.9. The molecule has 0 saturated carbocycles. The number of aromatic nitrogens is 2. The number of imidazole rings is 1.